The Bertz CT molecular complexity index is 930. The molecule has 2 fully saturated rings. The quantitative estimate of drug-likeness (QED) is 0.757. The minimum absolute atomic E-state index is 0.0205. The molecule has 1 saturated heterocycles. The minimum atomic E-state index is -0.0291. The Morgan fingerprint density at radius 2 is 1.71 bits per heavy atom. The van der Waals surface area contributed by atoms with Crippen LogP contribution < -0.4 is 14.8 Å². The Morgan fingerprint density at radius 1 is 0.935 bits per heavy atom. The van der Waals surface area contributed by atoms with Crippen molar-refractivity contribution in [2.24, 2.45) is 0 Å². The number of fused-ring (bicyclic) bond motifs is 1. The van der Waals surface area contributed by atoms with E-state index in [1.807, 2.05) is 18.2 Å². The number of carbonyl (C=O) groups is 1. The van der Waals surface area contributed by atoms with Gasteiger partial charge >= 0.3 is 0 Å². The van der Waals surface area contributed by atoms with Crippen LogP contribution in [0.5, 0.6) is 11.5 Å². The van der Waals surface area contributed by atoms with Crippen molar-refractivity contribution in [2.75, 3.05) is 32.8 Å². The highest BCUT2D eigenvalue weighted by Crippen LogP contribution is 2.43. The molecule has 0 spiro atoms. The van der Waals surface area contributed by atoms with E-state index in [4.69, 9.17) is 9.47 Å². The van der Waals surface area contributed by atoms with Gasteiger partial charge < -0.3 is 14.8 Å². The molecule has 1 N–H and O–H groups in total. The first kappa shape index (κ1) is 20.4. The van der Waals surface area contributed by atoms with E-state index in [0.717, 1.165) is 49.5 Å². The number of nitrogens with zero attached hydrogens (tertiary/aromatic N) is 1. The molecule has 164 valence electrons. The van der Waals surface area contributed by atoms with E-state index in [1.54, 1.807) is 0 Å². The molecular formula is C26H32N2O3. The summed E-state index contributed by atoms with van der Waals surface area (Å²) in [6.07, 6.45) is 7.11. The monoisotopic (exact) mass is 420 g/mol. The van der Waals surface area contributed by atoms with Crippen molar-refractivity contribution in [1.82, 2.24) is 10.2 Å². The molecule has 5 heteroatoms. The molecule has 2 aromatic rings. The third-order valence-electron chi connectivity index (χ3n) is 7.10. The fourth-order valence-corrected chi connectivity index (χ4v) is 5.35. The second kappa shape index (κ2) is 8.91. The summed E-state index contributed by atoms with van der Waals surface area (Å²) in [7, 11) is 0. The van der Waals surface area contributed by atoms with Crippen molar-refractivity contribution in [3.63, 3.8) is 0 Å². The van der Waals surface area contributed by atoms with Gasteiger partial charge in [-0.05, 0) is 74.2 Å². The average molecular weight is 421 g/mol. The van der Waals surface area contributed by atoms with Crippen LogP contribution in [0.1, 0.15) is 60.0 Å². The van der Waals surface area contributed by atoms with Gasteiger partial charge in [0.25, 0.3) is 5.91 Å². The molecule has 5 nitrogen and oxygen atoms in total. The van der Waals surface area contributed by atoms with Gasteiger partial charge in [-0.3, -0.25) is 9.69 Å². The van der Waals surface area contributed by atoms with Crippen LogP contribution >= 0.6 is 0 Å². The molecule has 5 rings (SSSR count). The summed E-state index contributed by atoms with van der Waals surface area (Å²) in [5.41, 5.74) is 3.19. The standard InChI is InChI=1S/C26H32N2O3/c29-25(21-7-5-6-20(16-21)18-28-12-3-4-13-28)27-19-26(10-1-2-11-26)22-8-9-23-24(17-22)31-15-14-30-23/h5-9,16-17H,1-4,10-15,18-19H2,(H,27,29). The van der Waals surface area contributed by atoms with Crippen molar-refractivity contribution in [3.8, 4) is 11.5 Å². The first-order valence-corrected chi connectivity index (χ1v) is 11.7. The summed E-state index contributed by atoms with van der Waals surface area (Å²) < 4.78 is 11.5. The molecule has 0 radical (unpaired) electrons. The summed E-state index contributed by atoms with van der Waals surface area (Å²) in [5, 5.41) is 3.26. The lowest BCUT2D eigenvalue weighted by molar-refractivity contribution is 0.0943. The van der Waals surface area contributed by atoms with Crippen molar-refractivity contribution < 1.29 is 14.3 Å². The number of carbonyl (C=O) groups excluding carboxylic acids is 1. The molecule has 3 aliphatic rings. The maximum atomic E-state index is 13.0. The fraction of sp³-hybridized carbons (Fsp3) is 0.500. The first-order valence-electron chi connectivity index (χ1n) is 11.7. The van der Waals surface area contributed by atoms with Gasteiger partial charge in [-0.1, -0.05) is 31.0 Å². The smallest absolute Gasteiger partial charge is 0.251 e. The van der Waals surface area contributed by atoms with Crippen LogP contribution in [0.3, 0.4) is 0 Å². The molecule has 0 aromatic heterocycles. The summed E-state index contributed by atoms with van der Waals surface area (Å²) in [5.74, 6) is 1.67. The van der Waals surface area contributed by atoms with Crippen molar-refractivity contribution in [2.45, 2.75) is 50.5 Å². The van der Waals surface area contributed by atoms with Crippen LogP contribution in [0.2, 0.25) is 0 Å². The summed E-state index contributed by atoms with van der Waals surface area (Å²) in [6, 6.07) is 14.4. The average Bonchev–Trinajstić information content (AvgIpc) is 3.50. The zero-order valence-corrected chi connectivity index (χ0v) is 18.2. The van der Waals surface area contributed by atoms with Gasteiger partial charge in [0.05, 0.1) is 0 Å². The minimum Gasteiger partial charge on any atom is -0.486 e. The predicted octanol–water partition coefficient (Wildman–Crippen LogP) is 4.30. The predicted molar refractivity (Wildman–Crippen MR) is 121 cm³/mol. The Hall–Kier alpha value is -2.53. The lowest BCUT2D eigenvalue weighted by Crippen LogP contribution is -2.39. The van der Waals surface area contributed by atoms with Crippen LogP contribution in [0.4, 0.5) is 0 Å². The second-order valence-electron chi connectivity index (χ2n) is 9.21. The molecule has 0 atom stereocenters. The summed E-state index contributed by atoms with van der Waals surface area (Å²) in [6.45, 7) is 5.10. The summed E-state index contributed by atoms with van der Waals surface area (Å²) >= 11 is 0. The van der Waals surface area contributed by atoms with Gasteiger partial charge in [0, 0.05) is 24.1 Å². The molecule has 31 heavy (non-hydrogen) atoms. The zero-order valence-electron chi connectivity index (χ0n) is 18.2. The topological polar surface area (TPSA) is 50.8 Å². The maximum absolute atomic E-state index is 13.0. The third-order valence-corrected chi connectivity index (χ3v) is 7.10. The molecule has 1 aliphatic carbocycles. The zero-order chi connectivity index (χ0) is 21.1. The van der Waals surface area contributed by atoms with Gasteiger partial charge in [0.15, 0.2) is 11.5 Å². The van der Waals surface area contributed by atoms with Crippen LogP contribution in [0.25, 0.3) is 0 Å². The van der Waals surface area contributed by atoms with Crippen molar-refractivity contribution in [1.29, 1.82) is 0 Å². The van der Waals surface area contributed by atoms with E-state index < -0.39 is 0 Å². The number of benzene rings is 2. The molecule has 0 unspecified atom stereocenters. The normalized spacial score (nSPS) is 20.0. The molecule has 2 aliphatic heterocycles. The molecule has 2 aromatic carbocycles. The highest BCUT2D eigenvalue weighted by molar-refractivity contribution is 5.94. The van der Waals surface area contributed by atoms with Crippen LogP contribution in [-0.2, 0) is 12.0 Å². The molecule has 1 amide bonds. The number of hydrogen-bond acceptors (Lipinski definition) is 4. The lowest BCUT2D eigenvalue weighted by Gasteiger charge is -2.31. The Morgan fingerprint density at radius 3 is 2.52 bits per heavy atom. The molecular weight excluding hydrogens is 388 g/mol. The van der Waals surface area contributed by atoms with E-state index >= 15 is 0 Å². The van der Waals surface area contributed by atoms with Crippen LogP contribution in [0, 0.1) is 0 Å². The number of ether oxygens (including phenoxy) is 2. The van der Waals surface area contributed by atoms with Crippen molar-refractivity contribution in [3.05, 3.63) is 59.2 Å². The SMILES string of the molecule is O=C(NCC1(c2ccc3c(c2)OCCO3)CCCC1)c1cccc(CN2CCCC2)c1. The largest absolute Gasteiger partial charge is 0.486 e. The van der Waals surface area contributed by atoms with Gasteiger partial charge in [-0.2, -0.15) is 0 Å². The van der Waals surface area contributed by atoms with Gasteiger partial charge in [0.1, 0.15) is 13.2 Å². The number of rotatable bonds is 6. The van der Waals surface area contributed by atoms with E-state index in [0.29, 0.717) is 19.8 Å². The van der Waals surface area contributed by atoms with E-state index in [-0.39, 0.29) is 11.3 Å². The fourth-order valence-electron chi connectivity index (χ4n) is 5.35. The Balaban J connectivity index is 1.29. The molecule has 0 bridgehead atoms. The lowest BCUT2D eigenvalue weighted by atomic mass is 9.78. The number of hydrogen-bond donors (Lipinski definition) is 1. The number of likely N-dealkylation sites (tertiary alicyclic amines) is 1. The van der Waals surface area contributed by atoms with Gasteiger partial charge in [-0.25, -0.2) is 0 Å². The highest BCUT2D eigenvalue weighted by Gasteiger charge is 2.37. The molecule has 1 saturated carbocycles. The second-order valence-corrected chi connectivity index (χ2v) is 9.21. The van der Waals surface area contributed by atoms with Crippen molar-refractivity contribution >= 4 is 5.91 Å². The van der Waals surface area contributed by atoms with E-state index in [1.165, 1.54) is 36.8 Å². The Kier molecular flexibility index (Phi) is 5.86. The maximum Gasteiger partial charge on any atom is 0.251 e. The third kappa shape index (κ3) is 4.42. The summed E-state index contributed by atoms with van der Waals surface area (Å²) in [4.78, 5) is 15.5. The van der Waals surface area contributed by atoms with E-state index in [2.05, 4.69) is 34.5 Å². The first-order chi connectivity index (χ1) is 15.2. The van der Waals surface area contributed by atoms with Gasteiger partial charge in [-0.15, -0.1) is 0 Å². The number of amides is 1. The molecule has 2 heterocycles. The number of nitrogens with one attached hydrogen (secondary N) is 1. The Labute approximate surface area is 184 Å². The van der Waals surface area contributed by atoms with E-state index in [9.17, 15) is 4.79 Å². The van der Waals surface area contributed by atoms with Gasteiger partial charge in [0.2, 0.25) is 0 Å². The van der Waals surface area contributed by atoms with Crippen LogP contribution in [-0.4, -0.2) is 43.7 Å². The van der Waals surface area contributed by atoms with Crippen LogP contribution in [0.15, 0.2) is 42.5 Å². The highest BCUT2D eigenvalue weighted by atomic mass is 16.6.